The third-order valence-corrected chi connectivity index (χ3v) is 14.3. The molecule has 0 aliphatic heterocycles. The molecule has 0 aromatic heterocycles. The second-order valence-corrected chi connectivity index (χ2v) is 20.6. The largest absolute Gasteiger partial charge is 0.330 e. The van der Waals surface area contributed by atoms with Crippen LogP contribution in [0.5, 0.6) is 0 Å². The Morgan fingerprint density at radius 3 is 0.953 bits per heavy atom. The van der Waals surface area contributed by atoms with Gasteiger partial charge in [0.2, 0.25) is 0 Å². The molecule has 10 N–H and O–H groups in total. The van der Waals surface area contributed by atoms with E-state index in [4.69, 9.17) is 28.7 Å². The fourth-order valence-corrected chi connectivity index (χ4v) is 9.94. The third-order valence-electron chi connectivity index (χ3n) is 14.3. The summed E-state index contributed by atoms with van der Waals surface area (Å²) < 4.78 is 80.6. The minimum absolute atomic E-state index is 0.139. The van der Waals surface area contributed by atoms with Crippen molar-refractivity contribution in [1.82, 2.24) is 0 Å². The van der Waals surface area contributed by atoms with Crippen molar-refractivity contribution in [3.8, 4) is 0 Å². The highest BCUT2D eigenvalue weighted by atomic mass is 19.1. The van der Waals surface area contributed by atoms with E-state index in [0.29, 0.717) is 64.0 Å². The van der Waals surface area contributed by atoms with E-state index >= 15 is 0 Å². The van der Waals surface area contributed by atoms with E-state index in [0.717, 1.165) is 99.7 Å². The van der Waals surface area contributed by atoms with Gasteiger partial charge in [-0.25, -0.2) is 26.3 Å². The molecule has 0 fully saturated rings. The van der Waals surface area contributed by atoms with E-state index in [9.17, 15) is 26.3 Å². The van der Waals surface area contributed by atoms with Crippen LogP contribution in [0.3, 0.4) is 0 Å². The number of rotatable bonds is 20. The first-order valence-corrected chi connectivity index (χ1v) is 29.2. The van der Waals surface area contributed by atoms with Crippen LogP contribution >= 0.6 is 0 Å². The summed E-state index contributed by atoms with van der Waals surface area (Å²) in [5.74, 6) is -1.18. The van der Waals surface area contributed by atoms with Gasteiger partial charge in [0.05, 0.1) is 0 Å². The lowest BCUT2D eigenvalue weighted by Crippen LogP contribution is -2.07. The van der Waals surface area contributed by atoms with Crippen molar-refractivity contribution in [2.75, 3.05) is 32.7 Å². The summed E-state index contributed by atoms with van der Waals surface area (Å²) in [4.78, 5) is 0. The van der Waals surface area contributed by atoms with Crippen LogP contribution in [0.2, 0.25) is 0 Å². The molecule has 0 aliphatic carbocycles. The number of benzene rings is 10. The molecule has 0 atom stereocenters. The Morgan fingerprint density at radius 2 is 0.523 bits per heavy atom. The second kappa shape index (κ2) is 37.1. The van der Waals surface area contributed by atoms with Gasteiger partial charge in [-0.2, -0.15) is 0 Å². The van der Waals surface area contributed by atoms with Gasteiger partial charge in [-0.1, -0.05) is 182 Å². The van der Waals surface area contributed by atoms with Gasteiger partial charge in [-0.15, -0.1) is 0 Å². The Morgan fingerprint density at radius 1 is 0.209 bits per heavy atom. The minimum Gasteiger partial charge on any atom is -0.330 e. The van der Waals surface area contributed by atoms with Gasteiger partial charge in [0.25, 0.3) is 0 Å². The third kappa shape index (κ3) is 22.5. The Balaban J connectivity index is 0.000000172. The van der Waals surface area contributed by atoms with E-state index < -0.39 is 0 Å². The molecular weight excluding hydrogens is 1080 g/mol. The summed E-state index contributed by atoms with van der Waals surface area (Å²) >= 11 is 0. The molecule has 0 unspecified atom stereocenters. The fraction of sp³-hybridized carbons (Fsp3) is 0.200. The molecule has 10 aromatic carbocycles. The Labute approximate surface area is 504 Å². The van der Waals surface area contributed by atoms with Crippen molar-refractivity contribution in [3.05, 3.63) is 355 Å². The van der Waals surface area contributed by atoms with Gasteiger partial charge in [0.15, 0.2) is 0 Å². The molecule has 11 heteroatoms. The van der Waals surface area contributed by atoms with Gasteiger partial charge < -0.3 is 28.7 Å². The summed E-state index contributed by atoms with van der Waals surface area (Å²) in [6.07, 6.45) is 6.91. The maximum atomic E-state index is 13.8. The molecule has 0 saturated heterocycles. The highest BCUT2D eigenvalue weighted by molar-refractivity contribution is 5.39. The SMILES string of the molecule is NCCc1c(F)cccc1Cc1ccccc1.NCCc1cc(F)ccc1Cc1ccccc1.NCCc1ccc(F)cc1Cc1ccccc1.NCCc1cccc(F)c1Cc1ccc(F)cc1.NCCc1cccc(F)c1Cc1ccccc1. The van der Waals surface area contributed by atoms with Crippen LogP contribution in [0.15, 0.2) is 237 Å². The van der Waals surface area contributed by atoms with Gasteiger partial charge in [0, 0.05) is 12.8 Å². The van der Waals surface area contributed by atoms with E-state index in [1.807, 2.05) is 115 Å². The van der Waals surface area contributed by atoms with Crippen LogP contribution in [0, 0.1) is 34.9 Å². The number of nitrogens with two attached hydrogens (primary N) is 5. The van der Waals surface area contributed by atoms with Gasteiger partial charge in [0.1, 0.15) is 34.9 Å². The van der Waals surface area contributed by atoms with Crippen LogP contribution < -0.4 is 28.7 Å². The molecule has 0 amide bonds. The van der Waals surface area contributed by atoms with Gasteiger partial charge >= 0.3 is 0 Å². The van der Waals surface area contributed by atoms with E-state index in [-0.39, 0.29) is 34.9 Å². The number of hydrogen-bond acceptors (Lipinski definition) is 5. The lowest BCUT2D eigenvalue weighted by atomic mass is 9.97. The molecule has 0 radical (unpaired) electrons. The molecule has 5 nitrogen and oxygen atoms in total. The average Bonchev–Trinajstić information content (AvgIpc) is 3.21. The Bertz CT molecular complexity index is 3490. The van der Waals surface area contributed by atoms with E-state index in [2.05, 4.69) is 36.4 Å². The molecule has 0 heterocycles. The Kier molecular flexibility index (Phi) is 28.8. The van der Waals surface area contributed by atoms with Crippen LogP contribution in [0.1, 0.15) is 83.5 Å². The summed E-state index contributed by atoms with van der Waals surface area (Å²) in [5, 5.41) is 0. The quantitative estimate of drug-likeness (QED) is 0.0485. The van der Waals surface area contributed by atoms with Crippen LogP contribution in [0.4, 0.5) is 26.3 Å². The van der Waals surface area contributed by atoms with Crippen molar-refractivity contribution in [1.29, 1.82) is 0 Å². The topological polar surface area (TPSA) is 130 Å². The predicted molar refractivity (Wildman–Crippen MR) is 342 cm³/mol. The standard InChI is InChI=1S/C15H15F2N.4C15H16FN/c16-13-6-4-11(5-7-13)10-14-12(8-9-18)2-1-3-15(14)17;16-15-8-4-7-13(14(15)9-10-17)11-12-5-2-1-3-6-12;16-15-8-4-7-13(9-10-17)14(15)11-12-5-2-1-3-6-12;16-15-7-6-13(14(11-15)8-9-17)10-12-4-2-1-3-5-12;16-15-7-6-13(8-9-17)14(11-15)10-12-4-2-1-3-5-12/h1-7H,8-10,18H2;2*1-8H,9-11,17H2;2*1-7,11H,8-10,17H2. The number of halogens is 6. The zero-order valence-electron chi connectivity index (χ0n) is 48.8. The van der Waals surface area contributed by atoms with Crippen LogP contribution in [-0.4, -0.2) is 32.7 Å². The molecule has 0 saturated carbocycles. The number of hydrogen-bond donors (Lipinski definition) is 5. The normalized spacial score (nSPS) is 10.5. The van der Waals surface area contributed by atoms with Gasteiger partial charge in [-0.05, 0) is 222 Å². The molecule has 10 rings (SSSR count). The molecule has 446 valence electrons. The van der Waals surface area contributed by atoms with Gasteiger partial charge in [-0.3, -0.25) is 0 Å². The first-order chi connectivity index (χ1) is 41.9. The van der Waals surface area contributed by atoms with Crippen LogP contribution in [-0.2, 0) is 64.2 Å². The minimum atomic E-state index is -0.283. The zero-order valence-corrected chi connectivity index (χ0v) is 48.8. The first-order valence-electron chi connectivity index (χ1n) is 29.2. The summed E-state index contributed by atoms with van der Waals surface area (Å²) in [6, 6.07) is 71.8. The molecule has 86 heavy (non-hydrogen) atoms. The average molecular weight is 1160 g/mol. The summed E-state index contributed by atoms with van der Waals surface area (Å²) in [6.45, 7) is 2.65. The first kappa shape index (κ1) is 66.7. The predicted octanol–water partition coefficient (Wildman–Crippen LogP) is 14.7. The summed E-state index contributed by atoms with van der Waals surface area (Å²) in [7, 11) is 0. The highest BCUT2D eigenvalue weighted by Crippen LogP contribution is 2.23. The van der Waals surface area contributed by atoms with Crippen molar-refractivity contribution in [2.24, 2.45) is 28.7 Å². The molecular formula is C75H79F6N5. The van der Waals surface area contributed by atoms with Crippen molar-refractivity contribution >= 4 is 0 Å². The molecule has 0 aliphatic rings. The lowest BCUT2D eigenvalue weighted by molar-refractivity contribution is 0.606. The molecule has 0 spiro atoms. The second-order valence-electron chi connectivity index (χ2n) is 20.6. The molecule has 0 bridgehead atoms. The zero-order chi connectivity index (χ0) is 61.3. The van der Waals surface area contributed by atoms with Crippen molar-refractivity contribution in [2.45, 2.75) is 64.2 Å². The highest BCUT2D eigenvalue weighted by Gasteiger charge is 2.12. The molecule has 10 aromatic rings. The van der Waals surface area contributed by atoms with Crippen molar-refractivity contribution < 1.29 is 26.3 Å². The van der Waals surface area contributed by atoms with Crippen molar-refractivity contribution in [3.63, 3.8) is 0 Å². The monoisotopic (exact) mass is 1160 g/mol. The van der Waals surface area contributed by atoms with E-state index in [1.165, 1.54) is 59.2 Å². The lowest BCUT2D eigenvalue weighted by Gasteiger charge is -2.10. The van der Waals surface area contributed by atoms with Crippen LogP contribution in [0.25, 0.3) is 0 Å². The Hall–Kier alpha value is -8.42. The maximum absolute atomic E-state index is 13.8. The maximum Gasteiger partial charge on any atom is 0.127 e. The van der Waals surface area contributed by atoms with E-state index in [1.54, 1.807) is 42.5 Å². The summed E-state index contributed by atoms with van der Waals surface area (Å²) in [5.41, 5.74) is 42.8. The smallest absolute Gasteiger partial charge is 0.127 e. The fourth-order valence-electron chi connectivity index (χ4n) is 9.94.